The molecule has 4 unspecified atom stereocenters. The van der Waals surface area contributed by atoms with Crippen LogP contribution < -0.4 is 18.9 Å². The molecular weight excluding hydrogens is 925 g/mol. The third-order valence-electron chi connectivity index (χ3n) is 13.4. The first-order valence-corrected chi connectivity index (χ1v) is 23.6. The lowest BCUT2D eigenvalue weighted by molar-refractivity contribution is 0.0686. The summed E-state index contributed by atoms with van der Waals surface area (Å²) in [5, 5.41) is 38.4. The minimum absolute atomic E-state index is 0.138. The van der Waals surface area contributed by atoms with Crippen LogP contribution in [0.3, 0.4) is 0 Å². The quantitative estimate of drug-likeness (QED) is 0.0638. The molecule has 0 aromatic heterocycles. The molecule has 12 nitrogen and oxygen atoms in total. The van der Waals surface area contributed by atoms with Crippen molar-refractivity contribution < 1.29 is 58.6 Å². The van der Waals surface area contributed by atoms with Gasteiger partial charge in [0, 0.05) is 0 Å². The van der Waals surface area contributed by atoms with Gasteiger partial charge >= 0.3 is 23.9 Å². The van der Waals surface area contributed by atoms with Gasteiger partial charge in [-0.25, -0.2) is 19.2 Å². The average molecular weight is 975 g/mol. The highest BCUT2D eigenvalue weighted by Gasteiger charge is 2.47. The highest BCUT2D eigenvalue weighted by atomic mass is 16.5. The molecule has 0 spiro atoms. The van der Waals surface area contributed by atoms with Crippen LogP contribution in [0.2, 0.25) is 0 Å². The predicted molar refractivity (Wildman–Crippen MR) is 274 cm³/mol. The van der Waals surface area contributed by atoms with E-state index < -0.39 is 53.7 Å². The number of carboxylic acid groups (broad SMARTS) is 4. The van der Waals surface area contributed by atoms with Gasteiger partial charge in [-0.1, -0.05) is 109 Å². The summed E-state index contributed by atoms with van der Waals surface area (Å²) in [6.07, 6.45) is -2.27. The molecule has 0 saturated carbocycles. The maximum atomic E-state index is 11.8. The first kappa shape index (κ1) is 48.8. The summed E-state index contributed by atoms with van der Waals surface area (Å²) < 4.78 is 27.2. The number of carboxylic acids is 4. The SMILES string of the molecule is CC(Oc1ccc(C2(c3ccc(OC(C)c4ccc(C(=O)O)cc4)c(OC(C)c4ccc(C(=O)O)cc4)c3)c3ccccc3-c3ccccc32)cc1OC(C)c1ccc(C(=O)O)cc1)c1ccc(C(=O)O)cc1. The highest BCUT2D eigenvalue weighted by Crippen LogP contribution is 2.58. The molecule has 0 aliphatic heterocycles. The molecule has 4 atom stereocenters. The Balaban J connectivity index is 1.21. The second kappa shape index (κ2) is 20.3. The number of hydrogen-bond acceptors (Lipinski definition) is 8. The van der Waals surface area contributed by atoms with E-state index in [1.54, 1.807) is 48.5 Å². The largest absolute Gasteiger partial charge is 0.482 e. The number of carbonyl (C=O) groups is 4. The smallest absolute Gasteiger partial charge is 0.335 e. The Morgan fingerprint density at radius 3 is 0.877 bits per heavy atom. The van der Waals surface area contributed by atoms with Gasteiger partial charge in [0.05, 0.1) is 27.7 Å². The maximum Gasteiger partial charge on any atom is 0.335 e. The molecule has 73 heavy (non-hydrogen) atoms. The molecule has 4 N–H and O–H groups in total. The summed E-state index contributed by atoms with van der Waals surface area (Å²) >= 11 is 0. The van der Waals surface area contributed by atoms with Gasteiger partial charge in [0.1, 0.15) is 24.4 Å². The minimum Gasteiger partial charge on any atom is -0.482 e. The van der Waals surface area contributed by atoms with E-state index in [-0.39, 0.29) is 22.3 Å². The summed E-state index contributed by atoms with van der Waals surface area (Å²) in [6, 6.07) is 54.1. The van der Waals surface area contributed by atoms with Gasteiger partial charge in [0.2, 0.25) is 0 Å². The van der Waals surface area contributed by atoms with E-state index in [1.807, 2.05) is 88.4 Å². The van der Waals surface area contributed by atoms with Crippen molar-refractivity contribution in [3.63, 3.8) is 0 Å². The van der Waals surface area contributed by atoms with Crippen molar-refractivity contribution in [1.29, 1.82) is 0 Å². The molecule has 9 rings (SSSR count). The van der Waals surface area contributed by atoms with E-state index >= 15 is 0 Å². The summed E-state index contributed by atoms with van der Waals surface area (Å²) in [7, 11) is 0. The van der Waals surface area contributed by atoms with Crippen LogP contribution in [0.4, 0.5) is 0 Å². The van der Waals surface area contributed by atoms with Gasteiger partial charge in [-0.15, -0.1) is 0 Å². The molecule has 0 fully saturated rings. The predicted octanol–water partition coefficient (Wildman–Crippen LogP) is 13.4. The van der Waals surface area contributed by atoms with Gasteiger partial charge in [0.25, 0.3) is 0 Å². The molecule has 1 aliphatic rings. The van der Waals surface area contributed by atoms with E-state index in [4.69, 9.17) is 18.9 Å². The Kier molecular flexibility index (Phi) is 13.6. The number of fused-ring (bicyclic) bond motifs is 3. The first-order chi connectivity index (χ1) is 35.1. The Morgan fingerprint density at radius 1 is 0.342 bits per heavy atom. The highest BCUT2D eigenvalue weighted by molar-refractivity contribution is 5.90. The minimum atomic E-state index is -1.05. The van der Waals surface area contributed by atoms with Crippen molar-refractivity contribution in [2.75, 3.05) is 0 Å². The van der Waals surface area contributed by atoms with Crippen molar-refractivity contribution in [3.8, 4) is 34.1 Å². The lowest BCUT2D eigenvalue weighted by atomic mass is 9.67. The second-order valence-electron chi connectivity index (χ2n) is 17.9. The zero-order valence-corrected chi connectivity index (χ0v) is 40.2. The summed E-state index contributed by atoms with van der Waals surface area (Å²) in [6.45, 7) is 7.48. The molecule has 0 saturated heterocycles. The molecule has 0 bridgehead atoms. The van der Waals surface area contributed by atoms with Gasteiger partial charge in [-0.05, 0) is 156 Å². The number of hydrogen-bond donors (Lipinski definition) is 4. The third kappa shape index (κ3) is 9.70. The Bertz CT molecular complexity index is 3140. The molecule has 8 aromatic rings. The van der Waals surface area contributed by atoms with Crippen LogP contribution in [0.1, 0.15) is 138 Å². The fraction of sp³-hybridized carbons (Fsp3) is 0.148. The average Bonchev–Trinajstić information content (AvgIpc) is 3.72. The van der Waals surface area contributed by atoms with Gasteiger partial charge in [-0.2, -0.15) is 0 Å². The topological polar surface area (TPSA) is 186 Å². The molecular formula is C61H50O12. The monoisotopic (exact) mass is 974 g/mol. The van der Waals surface area contributed by atoms with E-state index in [9.17, 15) is 39.6 Å². The normalized spacial score (nSPS) is 13.8. The summed E-state index contributed by atoms with van der Waals surface area (Å²) in [4.78, 5) is 46.9. The fourth-order valence-corrected chi connectivity index (χ4v) is 9.51. The Labute approximate surface area is 421 Å². The molecule has 12 heteroatoms. The number of ether oxygens (including phenoxy) is 4. The molecule has 0 amide bonds. The van der Waals surface area contributed by atoms with Gasteiger partial charge in [-0.3, -0.25) is 0 Å². The lowest BCUT2D eigenvalue weighted by Crippen LogP contribution is -2.29. The van der Waals surface area contributed by atoms with Crippen LogP contribution in [-0.4, -0.2) is 44.3 Å². The standard InChI is InChI=1S/C61H50O12/c1-35(39-13-21-43(22-14-39)57(62)63)70-53-31-29-47(33-55(53)72-37(3)41-17-25-45(26-18-41)59(66)67)61(51-11-7-5-9-49(51)50-10-6-8-12-52(50)61)48-30-32-54(71-36(2)40-15-23-44(24-16-40)58(64)65)56(34-48)73-38(4)42-19-27-46(28-20-42)60(68)69/h5-38H,1-4H3,(H,62,63)(H,64,65)(H,66,67)(H,68,69). The van der Waals surface area contributed by atoms with E-state index in [2.05, 4.69) is 24.3 Å². The van der Waals surface area contributed by atoms with Crippen molar-refractivity contribution in [3.05, 3.63) is 249 Å². The van der Waals surface area contributed by atoms with Crippen molar-refractivity contribution in [1.82, 2.24) is 0 Å². The lowest BCUT2D eigenvalue weighted by Gasteiger charge is -2.35. The van der Waals surface area contributed by atoms with Crippen LogP contribution in [0.15, 0.2) is 182 Å². The number of rotatable bonds is 18. The zero-order chi connectivity index (χ0) is 51.6. The fourth-order valence-electron chi connectivity index (χ4n) is 9.51. The van der Waals surface area contributed by atoms with E-state index in [1.165, 1.54) is 48.5 Å². The number of aromatic carboxylic acids is 4. The first-order valence-electron chi connectivity index (χ1n) is 23.6. The van der Waals surface area contributed by atoms with Crippen LogP contribution >= 0.6 is 0 Å². The van der Waals surface area contributed by atoms with Crippen molar-refractivity contribution in [2.45, 2.75) is 57.5 Å². The zero-order valence-electron chi connectivity index (χ0n) is 40.2. The van der Waals surface area contributed by atoms with E-state index in [0.29, 0.717) is 23.0 Å². The van der Waals surface area contributed by atoms with Crippen LogP contribution in [0, 0.1) is 0 Å². The van der Waals surface area contributed by atoms with Crippen LogP contribution in [0.5, 0.6) is 23.0 Å². The second-order valence-corrected chi connectivity index (χ2v) is 17.9. The third-order valence-corrected chi connectivity index (χ3v) is 13.4. The van der Waals surface area contributed by atoms with Crippen LogP contribution in [0.25, 0.3) is 11.1 Å². The molecule has 0 radical (unpaired) electrons. The summed E-state index contributed by atoms with van der Waals surface area (Å²) in [5.41, 5.74) is 8.05. The number of benzene rings is 8. The molecule has 0 heterocycles. The Morgan fingerprint density at radius 2 is 0.603 bits per heavy atom. The maximum absolute atomic E-state index is 11.8. The van der Waals surface area contributed by atoms with Crippen molar-refractivity contribution in [2.24, 2.45) is 0 Å². The van der Waals surface area contributed by atoms with Gasteiger partial charge in [0.15, 0.2) is 23.0 Å². The van der Waals surface area contributed by atoms with Crippen molar-refractivity contribution >= 4 is 23.9 Å². The van der Waals surface area contributed by atoms with E-state index in [0.717, 1.165) is 55.6 Å². The molecule has 8 aromatic carbocycles. The molecule has 366 valence electrons. The summed E-state index contributed by atoms with van der Waals surface area (Å²) in [5.74, 6) is -2.58. The Hall–Kier alpha value is -9.16. The van der Waals surface area contributed by atoms with Crippen LogP contribution in [-0.2, 0) is 5.41 Å². The van der Waals surface area contributed by atoms with Gasteiger partial charge < -0.3 is 39.4 Å². The molecule has 1 aliphatic carbocycles.